The lowest BCUT2D eigenvalue weighted by Crippen LogP contribution is -2.39. The predicted molar refractivity (Wildman–Crippen MR) is 95.8 cm³/mol. The van der Waals surface area contributed by atoms with Gasteiger partial charge < -0.3 is 15.5 Å². The van der Waals surface area contributed by atoms with Gasteiger partial charge in [0.05, 0.1) is 16.8 Å². The molecule has 0 aromatic heterocycles. The molecule has 1 aliphatic heterocycles. The molecule has 25 heavy (non-hydrogen) atoms. The van der Waals surface area contributed by atoms with Crippen molar-refractivity contribution in [3.63, 3.8) is 0 Å². The second-order valence-corrected chi connectivity index (χ2v) is 6.45. The Hall–Kier alpha value is -2.31. The van der Waals surface area contributed by atoms with E-state index in [9.17, 15) is 14.0 Å². The minimum atomic E-state index is -0.497. The van der Waals surface area contributed by atoms with Crippen LogP contribution in [0, 0.1) is 5.82 Å². The van der Waals surface area contributed by atoms with Gasteiger partial charge in [-0.1, -0.05) is 29.3 Å². The van der Waals surface area contributed by atoms with Crippen LogP contribution in [0.25, 0.3) is 0 Å². The molecule has 0 radical (unpaired) electrons. The quantitative estimate of drug-likeness (QED) is 0.841. The molecule has 1 fully saturated rings. The number of carbonyl (C=O) groups excluding carboxylic acids is 2. The molecule has 5 nitrogen and oxygen atoms in total. The lowest BCUT2D eigenvalue weighted by molar-refractivity contribution is -0.117. The Morgan fingerprint density at radius 1 is 1.20 bits per heavy atom. The largest absolute Gasteiger partial charge is 0.333 e. The number of urea groups is 1. The van der Waals surface area contributed by atoms with E-state index in [4.69, 9.17) is 23.2 Å². The third-order valence-corrected chi connectivity index (χ3v) is 4.32. The molecule has 1 heterocycles. The Kier molecular flexibility index (Phi) is 5.11. The maximum atomic E-state index is 13.3. The summed E-state index contributed by atoms with van der Waals surface area (Å²) in [6.07, 6.45) is 0.132. The summed E-state index contributed by atoms with van der Waals surface area (Å²) in [5.74, 6) is -0.605. The minimum Gasteiger partial charge on any atom is -0.333 e. The van der Waals surface area contributed by atoms with Gasteiger partial charge in [0.15, 0.2) is 0 Å². The van der Waals surface area contributed by atoms with Crippen molar-refractivity contribution in [3.05, 3.63) is 58.3 Å². The Morgan fingerprint density at radius 3 is 2.76 bits per heavy atom. The predicted octanol–water partition coefficient (Wildman–Crippen LogP) is 4.06. The second kappa shape index (κ2) is 7.29. The highest BCUT2D eigenvalue weighted by molar-refractivity contribution is 6.35. The molecular formula is C17H14Cl2FN3O2. The number of halogens is 3. The van der Waals surface area contributed by atoms with Crippen molar-refractivity contribution in [2.24, 2.45) is 0 Å². The number of benzene rings is 2. The summed E-state index contributed by atoms with van der Waals surface area (Å²) < 4.78 is 13.3. The zero-order chi connectivity index (χ0) is 18.0. The third kappa shape index (κ3) is 4.21. The lowest BCUT2D eigenvalue weighted by atomic mass is 10.2. The van der Waals surface area contributed by atoms with E-state index in [1.54, 1.807) is 18.2 Å². The summed E-state index contributed by atoms with van der Waals surface area (Å²) in [7, 11) is 0. The summed E-state index contributed by atoms with van der Waals surface area (Å²) in [6.45, 7) is 0.263. The zero-order valence-electron chi connectivity index (χ0n) is 12.9. The van der Waals surface area contributed by atoms with Crippen LogP contribution < -0.4 is 15.5 Å². The molecule has 0 spiro atoms. The fraction of sp³-hybridized carbons (Fsp3) is 0.176. The first-order valence-electron chi connectivity index (χ1n) is 7.51. The van der Waals surface area contributed by atoms with Gasteiger partial charge in [0.2, 0.25) is 5.91 Å². The fourth-order valence-electron chi connectivity index (χ4n) is 2.63. The zero-order valence-corrected chi connectivity index (χ0v) is 14.4. The number of hydrogen-bond acceptors (Lipinski definition) is 2. The molecule has 2 aromatic carbocycles. The summed E-state index contributed by atoms with van der Waals surface area (Å²) in [5, 5.41) is 6.10. The molecule has 0 bridgehead atoms. The van der Waals surface area contributed by atoms with E-state index in [2.05, 4.69) is 10.6 Å². The van der Waals surface area contributed by atoms with Crippen LogP contribution in [0.1, 0.15) is 6.42 Å². The number of rotatable bonds is 3. The molecule has 130 valence electrons. The first kappa shape index (κ1) is 17.5. The van der Waals surface area contributed by atoms with Crippen molar-refractivity contribution in [2.75, 3.05) is 16.8 Å². The number of carbonyl (C=O) groups is 2. The fourth-order valence-corrected chi connectivity index (χ4v) is 2.97. The summed E-state index contributed by atoms with van der Waals surface area (Å²) >= 11 is 11.9. The lowest BCUT2D eigenvalue weighted by Gasteiger charge is -2.17. The van der Waals surface area contributed by atoms with Crippen LogP contribution in [0.5, 0.6) is 0 Å². The highest BCUT2D eigenvalue weighted by atomic mass is 35.5. The normalized spacial score (nSPS) is 16.8. The average molecular weight is 382 g/mol. The Labute approximate surface area is 153 Å². The topological polar surface area (TPSA) is 61.4 Å². The average Bonchev–Trinajstić information content (AvgIpc) is 2.91. The first-order chi connectivity index (χ1) is 11.9. The Bertz CT molecular complexity index is 831. The molecule has 2 aromatic rings. The summed E-state index contributed by atoms with van der Waals surface area (Å²) in [5.41, 5.74) is 0.838. The standard InChI is InChI=1S/C17H14Cl2FN3O2/c18-10-4-5-14(19)15(6-10)22-17(25)21-12-8-16(24)23(9-12)13-3-1-2-11(20)7-13/h1-7,12H,8-9H2,(H2,21,22,25)/t12-/m1/s1. The molecule has 1 saturated heterocycles. The van der Waals surface area contributed by atoms with Gasteiger partial charge in [0, 0.05) is 23.7 Å². The Morgan fingerprint density at radius 2 is 2.00 bits per heavy atom. The van der Waals surface area contributed by atoms with Gasteiger partial charge in [0.25, 0.3) is 0 Å². The van der Waals surface area contributed by atoms with Crippen molar-refractivity contribution in [2.45, 2.75) is 12.5 Å². The van der Waals surface area contributed by atoms with Crippen molar-refractivity contribution in [1.29, 1.82) is 0 Å². The molecule has 0 aliphatic carbocycles. The third-order valence-electron chi connectivity index (χ3n) is 3.76. The van der Waals surface area contributed by atoms with Gasteiger partial charge in [-0.05, 0) is 36.4 Å². The van der Waals surface area contributed by atoms with Crippen molar-refractivity contribution < 1.29 is 14.0 Å². The number of nitrogens with one attached hydrogen (secondary N) is 2. The van der Waals surface area contributed by atoms with E-state index < -0.39 is 17.9 Å². The molecule has 1 atom stereocenters. The van der Waals surface area contributed by atoms with Crippen LogP contribution in [-0.4, -0.2) is 24.5 Å². The second-order valence-electron chi connectivity index (χ2n) is 5.61. The number of hydrogen-bond donors (Lipinski definition) is 2. The van der Waals surface area contributed by atoms with Crippen LogP contribution in [0.2, 0.25) is 10.0 Å². The van der Waals surface area contributed by atoms with Gasteiger partial charge in [-0.25, -0.2) is 9.18 Å². The molecule has 1 aliphatic rings. The van der Waals surface area contributed by atoms with Gasteiger partial charge in [0.1, 0.15) is 5.82 Å². The Balaban J connectivity index is 1.63. The summed E-state index contributed by atoms with van der Waals surface area (Å²) in [6, 6.07) is 9.60. The van der Waals surface area contributed by atoms with Crippen LogP contribution >= 0.6 is 23.2 Å². The van der Waals surface area contributed by atoms with Crippen LogP contribution in [-0.2, 0) is 4.79 Å². The highest BCUT2D eigenvalue weighted by Crippen LogP contribution is 2.26. The smallest absolute Gasteiger partial charge is 0.319 e. The van der Waals surface area contributed by atoms with Crippen LogP contribution in [0.3, 0.4) is 0 Å². The van der Waals surface area contributed by atoms with Crippen LogP contribution in [0.4, 0.5) is 20.6 Å². The maximum Gasteiger partial charge on any atom is 0.319 e. The highest BCUT2D eigenvalue weighted by Gasteiger charge is 2.31. The van der Waals surface area contributed by atoms with E-state index >= 15 is 0 Å². The van der Waals surface area contributed by atoms with Crippen molar-refractivity contribution >= 4 is 46.5 Å². The van der Waals surface area contributed by atoms with E-state index in [1.165, 1.54) is 29.2 Å². The number of nitrogens with zero attached hydrogens (tertiary/aromatic N) is 1. The minimum absolute atomic E-state index is 0.132. The molecule has 3 rings (SSSR count). The van der Waals surface area contributed by atoms with E-state index in [0.717, 1.165) is 0 Å². The van der Waals surface area contributed by atoms with Crippen molar-refractivity contribution in [3.8, 4) is 0 Å². The van der Waals surface area contributed by atoms with E-state index in [-0.39, 0.29) is 18.9 Å². The van der Waals surface area contributed by atoms with Crippen LogP contribution in [0.15, 0.2) is 42.5 Å². The molecule has 0 saturated carbocycles. The van der Waals surface area contributed by atoms with E-state index in [1.807, 2.05) is 0 Å². The summed E-state index contributed by atoms with van der Waals surface area (Å²) in [4.78, 5) is 25.7. The SMILES string of the molecule is O=C(Nc1cc(Cl)ccc1Cl)N[C@@H]1CC(=O)N(c2cccc(F)c2)C1. The van der Waals surface area contributed by atoms with Gasteiger partial charge in [-0.2, -0.15) is 0 Å². The van der Waals surface area contributed by atoms with Gasteiger partial charge in [-0.3, -0.25) is 4.79 Å². The molecule has 8 heteroatoms. The molecule has 3 amide bonds. The van der Waals surface area contributed by atoms with Crippen molar-refractivity contribution in [1.82, 2.24) is 5.32 Å². The maximum absolute atomic E-state index is 13.3. The van der Waals surface area contributed by atoms with Gasteiger partial charge in [-0.15, -0.1) is 0 Å². The molecule has 0 unspecified atom stereocenters. The monoisotopic (exact) mass is 381 g/mol. The van der Waals surface area contributed by atoms with E-state index in [0.29, 0.717) is 21.4 Å². The first-order valence-corrected chi connectivity index (χ1v) is 8.26. The number of amides is 3. The van der Waals surface area contributed by atoms with Gasteiger partial charge >= 0.3 is 6.03 Å². The number of anilines is 2. The molecular weight excluding hydrogens is 368 g/mol. The molecule has 2 N–H and O–H groups in total.